The van der Waals surface area contributed by atoms with Gasteiger partial charge in [0.25, 0.3) is 0 Å². The molecule has 2 heterocycles. The summed E-state index contributed by atoms with van der Waals surface area (Å²) in [4.78, 5) is 14.5. The first-order valence-corrected chi connectivity index (χ1v) is 9.37. The maximum atomic E-state index is 12.9. The summed E-state index contributed by atoms with van der Waals surface area (Å²) in [5, 5.41) is 0. The van der Waals surface area contributed by atoms with E-state index in [2.05, 4.69) is 0 Å². The Balaban J connectivity index is 1.88. The van der Waals surface area contributed by atoms with Gasteiger partial charge < -0.3 is 9.32 Å². The van der Waals surface area contributed by atoms with Crippen molar-refractivity contribution >= 4 is 21.4 Å². The molecule has 0 unspecified atom stereocenters. The predicted octanol–water partition coefficient (Wildman–Crippen LogP) is 2.56. The highest BCUT2D eigenvalue weighted by atomic mass is 32.2. The first-order chi connectivity index (χ1) is 10.9. The zero-order valence-corrected chi connectivity index (χ0v) is 13.8. The van der Waals surface area contributed by atoms with Gasteiger partial charge in [-0.05, 0) is 37.6 Å². The Kier molecular flexibility index (Phi) is 4.26. The van der Waals surface area contributed by atoms with Crippen LogP contribution in [0.2, 0.25) is 0 Å². The molecule has 1 amide bonds. The molecule has 1 aromatic heterocycles. The van der Waals surface area contributed by atoms with Gasteiger partial charge in [-0.1, -0.05) is 17.7 Å². The Morgan fingerprint density at radius 1 is 1.26 bits per heavy atom. The number of hydrogen-bond donors (Lipinski definition) is 0. The third-order valence-electron chi connectivity index (χ3n) is 4.09. The van der Waals surface area contributed by atoms with Crippen molar-refractivity contribution < 1.29 is 17.6 Å². The lowest BCUT2D eigenvalue weighted by molar-refractivity contribution is -0.121. The van der Waals surface area contributed by atoms with Gasteiger partial charge in [0.2, 0.25) is 5.91 Å². The molecule has 0 bridgehead atoms. The molecule has 0 spiro atoms. The second kappa shape index (κ2) is 6.20. The van der Waals surface area contributed by atoms with Crippen molar-refractivity contribution in [1.29, 1.82) is 0 Å². The highest BCUT2D eigenvalue weighted by Crippen LogP contribution is 2.26. The topological polar surface area (TPSA) is 67.6 Å². The van der Waals surface area contributed by atoms with Gasteiger partial charge in [-0.3, -0.25) is 4.79 Å². The number of carbonyl (C=O) groups is 1. The van der Waals surface area contributed by atoms with Crippen molar-refractivity contribution in [3.63, 3.8) is 0 Å². The monoisotopic (exact) mass is 333 g/mol. The number of hydrogen-bond acceptors (Lipinski definition) is 4. The highest BCUT2D eigenvalue weighted by Gasteiger charge is 2.36. The lowest BCUT2D eigenvalue weighted by Gasteiger charge is -2.24. The van der Waals surface area contributed by atoms with Crippen LogP contribution < -0.4 is 4.90 Å². The molecule has 0 N–H and O–H groups in total. The normalized spacial score (nSPS) is 19.6. The fourth-order valence-electron chi connectivity index (χ4n) is 2.79. The van der Waals surface area contributed by atoms with Gasteiger partial charge in [-0.25, -0.2) is 8.42 Å². The largest absolute Gasteiger partial charge is 0.467 e. The van der Waals surface area contributed by atoms with Crippen LogP contribution in [0.5, 0.6) is 0 Å². The van der Waals surface area contributed by atoms with Crippen LogP contribution in [-0.2, 0) is 21.2 Å². The molecule has 5 nitrogen and oxygen atoms in total. The van der Waals surface area contributed by atoms with Gasteiger partial charge in [-0.15, -0.1) is 0 Å². The smallest absolute Gasteiger partial charge is 0.231 e. The van der Waals surface area contributed by atoms with Crippen molar-refractivity contribution in [2.45, 2.75) is 19.9 Å². The predicted molar refractivity (Wildman–Crippen MR) is 87.8 cm³/mol. The number of rotatable bonds is 4. The van der Waals surface area contributed by atoms with E-state index in [1.807, 2.05) is 31.2 Å². The summed E-state index contributed by atoms with van der Waals surface area (Å²) >= 11 is 0. The number of aryl methyl sites for hydroxylation is 1. The minimum atomic E-state index is -3.10. The fraction of sp³-hybridized carbons (Fsp3) is 0.353. The lowest BCUT2D eigenvalue weighted by atomic mass is 10.1. The number of furan rings is 1. The first kappa shape index (κ1) is 15.8. The Hall–Kier alpha value is -2.08. The van der Waals surface area contributed by atoms with Crippen LogP contribution in [-0.4, -0.2) is 25.8 Å². The maximum Gasteiger partial charge on any atom is 0.231 e. The highest BCUT2D eigenvalue weighted by molar-refractivity contribution is 7.91. The second-order valence-corrected chi connectivity index (χ2v) is 8.17. The van der Waals surface area contributed by atoms with Crippen LogP contribution in [0.4, 0.5) is 5.69 Å². The Morgan fingerprint density at radius 3 is 2.57 bits per heavy atom. The molecule has 0 saturated carbocycles. The van der Waals surface area contributed by atoms with E-state index in [9.17, 15) is 13.2 Å². The SMILES string of the molecule is Cc1ccc(N(Cc2ccco2)C(=O)[C@H]2CCS(=O)(=O)C2)cc1. The minimum absolute atomic E-state index is 0.0631. The molecule has 1 atom stereocenters. The summed E-state index contributed by atoms with van der Waals surface area (Å²) in [5.74, 6) is 0.0560. The Labute approximate surface area is 135 Å². The van der Waals surface area contributed by atoms with E-state index in [1.165, 1.54) is 0 Å². The summed E-state index contributed by atoms with van der Waals surface area (Å²) in [6.07, 6.45) is 1.95. The van der Waals surface area contributed by atoms with Gasteiger partial charge in [0.1, 0.15) is 5.76 Å². The summed E-state index contributed by atoms with van der Waals surface area (Å²) in [6, 6.07) is 11.2. The summed E-state index contributed by atoms with van der Waals surface area (Å²) in [5.41, 5.74) is 1.85. The number of sulfone groups is 1. The van der Waals surface area contributed by atoms with E-state index < -0.39 is 15.8 Å². The molecule has 0 aliphatic carbocycles. The second-order valence-electron chi connectivity index (χ2n) is 5.94. The molecular formula is C17H19NO4S. The molecule has 1 aliphatic heterocycles. The van der Waals surface area contributed by atoms with Crippen LogP contribution in [0.1, 0.15) is 17.7 Å². The molecule has 23 heavy (non-hydrogen) atoms. The molecule has 2 aromatic rings. The first-order valence-electron chi connectivity index (χ1n) is 7.55. The molecule has 0 radical (unpaired) electrons. The Bertz CT molecular complexity index is 779. The summed E-state index contributed by atoms with van der Waals surface area (Å²) < 4.78 is 28.7. The van der Waals surface area contributed by atoms with Crippen molar-refractivity contribution in [1.82, 2.24) is 0 Å². The van der Waals surface area contributed by atoms with Gasteiger partial charge in [0.05, 0.1) is 30.2 Å². The van der Waals surface area contributed by atoms with Crippen molar-refractivity contribution in [3.8, 4) is 0 Å². The number of amides is 1. The molecule has 1 fully saturated rings. The lowest BCUT2D eigenvalue weighted by Crippen LogP contribution is -2.36. The molecule has 1 aromatic carbocycles. The van der Waals surface area contributed by atoms with Gasteiger partial charge in [-0.2, -0.15) is 0 Å². The van der Waals surface area contributed by atoms with Crippen LogP contribution in [0.3, 0.4) is 0 Å². The Morgan fingerprint density at radius 2 is 2.00 bits per heavy atom. The van der Waals surface area contributed by atoms with E-state index in [1.54, 1.807) is 23.3 Å². The van der Waals surface area contributed by atoms with Crippen LogP contribution in [0.15, 0.2) is 47.1 Å². The average Bonchev–Trinajstić information content (AvgIpc) is 3.14. The number of carbonyl (C=O) groups excluding carboxylic acids is 1. The zero-order chi connectivity index (χ0) is 16.4. The quantitative estimate of drug-likeness (QED) is 0.862. The number of anilines is 1. The van der Waals surface area contributed by atoms with Crippen molar-refractivity contribution in [2.75, 3.05) is 16.4 Å². The van der Waals surface area contributed by atoms with Gasteiger partial charge in [0, 0.05) is 5.69 Å². The number of benzene rings is 1. The molecule has 6 heteroatoms. The van der Waals surface area contributed by atoms with E-state index in [0.29, 0.717) is 18.7 Å². The van der Waals surface area contributed by atoms with E-state index >= 15 is 0 Å². The molecule has 1 saturated heterocycles. The van der Waals surface area contributed by atoms with Crippen LogP contribution >= 0.6 is 0 Å². The van der Waals surface area contributed by atoms with Crippen LogP contribution in [0, 0.1) is 12.8 Å². The molecule has 3 rings (SSSR count). The van der Waals surface area contributed by atoms with E-state index in [4.69, 9.17) is 4.42 Å². The molecule has 122 valence electrons. The summed E-state index contributed by atoms with van der Waals surface area (Å²) in [6.45, 7) is 2.28. The third-order valence-corrected chi connectivity index (χ3v) is 5.86. The fourth-order valence-corrected chi connectivity index (χ4v) is 4.52. The van der Waals surface area contributed by atoms with Gasteiger partial charge >= 0.3 is 0 Å². The standard InChI is InChI=1S/C17H19NO4S/c1-13-4-6-15(7-5-13)18(11-16-3-2-9-22-16)17(19)14-8-10-23(20,21)12-14/h2-7,9,14H,8,10-12H2,1H3/t14-/m0/s1. The van der Waals surface area contributed by atoms with E-state index in [-0.39, 0.29) is 17.4 Å². The number of nitrogens with zero attached hydrogens (tertiary/aromatic N) is 1. The molecular weight excluding hydrogens is 314 g/mol. The van der Waals surface area contributed by atoms with E-state index in [0.717, 1.165) is 11.3 Å². The average molecular weight is 333 g/mol. The minimum Gasteiger partial charge on any atom is -0.467 e. The third kappa shape index (κ3) is 3.64. The summed E-state index contributed by atoms with van der Waals surface area (Å²) in [7, 11) is -3.10. The molecule has 1 aliphatic rings. The van der Waals surface area contributed by atoms with Crippen molar-refractivity contribution in [3.05, 3.63) is 54.0 Å². The van der Waals surface area contributed by atoms with Crippen LogP contribution in [0.25, 0.3) is 0 Å². The van der Waals surface area contributed by atoms with Gasteiger partial charge in [0.15, 0.2) is 9.84 Å². The van der Waals surface area contributed by atoms with Crippen molar-refractivity contribution in [2.24, 2.45) is 5.92 Å². The maximum absolute atomic E-state index is 12.9. The zero-order valence-electron chi connectivity index (χ0n) is 12.9.